The molecule has 0 aromatic heterocycles. The molecule has 1 aromatic carbocycles. The number of carboxylic acids is 1. The first-order valence-corrected chi connectivity index (χ1v) is 6.21. The summed E-state index contributed by atoms with van der Waals surface area (Å²) in [5.41, 5.74) is 3.95. The van der Waals surface area contributed by atoms with Crippen LogP contribution in [0.1, 0.15) is 32.3 Å². The Bertz CT molecular complexity index is 521. The van der Waals surface area contributed by atoms with Crippen LogP contribution in [0.3, 0.4) is 0 Å². The number of carboxylic acid groups (broad SMARTS) is 1. The van der Waals surface area contributed by atoms with Crippen LogP contribution in [-0.2, 0) is 4.79 Å². The van der Waals surface area contributed by atoms with Crippen LogP contribution >= 0.6 is 0 Å². The van der Waals surface area contributed by atoms with Crippen LogP contribution < -0.4 is 0 Å². The lowest BCUT2D eigenvalue weighted by Gasteiger charge is -2.13. The minimum atomic E-state index is -0.886. The summed E-state index contributed by atoms with van der Waals surface area (Å²) in [7, 11) is 0. The van der Waals surface area contributed by atoms with Gasteiger partial charge in [0.2, 0.25) is 0 Å². The zero-order valence-corrected chi connectivity index (χ0v) is 11.6. The highest BCUT2D eigenvalue weighted by Crippen LogP contribution is 2.28. The van der Waals surface area contributed by atoms with E-state index in [0.29, 0.717) is 18.4 Å². The maximum atomic E-state index is 11.5. The number of aliphatic carboxylic acids is 1. The fraction of sp³-hybridized carbons (Fsp3) is 0.235. The van der Waals surface area contributed by atoms with Gasteiger partial charge in [0.1, 0.15) is 0 Å². The van der Waals surface area contributed by atoms with Crippen molar-refractivity contribution in [1.82, 2.24) is 0 Å². The monoisotopic (exact) mass is 256 g/mol. The van der Waals surface area contributed by atoms with Gasteiger partial charge >= 0.3 is 5.97 Å². The Balaban J connectivity index is 3.37. The lowest BCUT2D eigenvalue weighted by atomic mass is 9.91. The van der Waals surface area contributed by atoms with E-state index >= 15 is 0 Å². The molecule has 0 aliphatic heterocycles. The summed E-state index contributed by atoms with van der Waals surface area (Å²) < 4.78 is 0. The second-order valence-electron chi connectivity index (χ2n) is 4.90. The van der Waals surface area contributed by atoms with E-state index < -0.39 is 5.97 Å². The summed E-state index contributed by atoms with van der Waals surface area (Å²) in [4.78, 5) is 11.5. The molecule has 2 heteroatoms. The van der Waals surface area contributed by atoms with Gasteiger partial charge in [0.25, 0.3) is 0 Å². The van der Waals surface area contributed by atoms with E-state index in [0.717, 1.165) is 22.3 Å². The molecule has 0 saturated carbocycles. The van der Waals surface area contributed by atoms with E-state index in [1.54, 1.807) is 0 Å². The summed E-state index contributed by atoms with van der Waals surface area (Å²) in [6.07, 6.45) is 0.950. The first kappa shape index (κ1) is 15.0. The maximum absolute atomic E-state index is 11.5. The molecule has 0 amide bonds. The average molecular weight is 256 g/mol. The minimum absolute atomic E-state index is 0.382. The van der Waals surface area contributed by atoms with Crippen molar-refractivity contribution in [3.05, 3.63) is 65.8 Å². The van der Waals surface area contributed by atoms with Gasteiger partial charge in [-0.25, -0.2) is 4.79 Å². The number of carbonyl (C=O) groups is 1. The van der Waals surface area contributed by atoms with Crippen LogP contribution in [0.25, 0.3) is 5.57 Å². The van der Waals surface area contributed by atoms with Crippen molar-refractivity contribution < 1.29 is 9.90 Å². The summed E-state index contributed by atoms with van der Waals surface area (Å²) >= 11 is 0. The van der Waals surface area contributed by atoms with Gasteiger partial charge in [-0.15, -0.1) is 0 Å². The zero-order chi connectivity index (χ0) is 14.4. The molecule has 100 valence electrons. The summed E-state index contributed by atoms with van der Waals surface area (Å²) in [5, 5.41) is 9.44. The molecule has 2 nitrogen and oxygen atoms in total. The van der Waals surface area contributed by atoms with Crippen molar-refractivity contribution in [2.24, 2.45) is 0 Å². The SMILES string of the molecule is C=C(C)C/C(C(=O)O)=C(/CC(=C)C)c1ccccc1. The molecule has 0 aliphatic rings. The Morgan fingerprint density at radius 3 is 2.00 bits per heavy atom. The molecule has 1 N–H and O–H groups in total. The Morgan fingerprint density at radius 2 is 1.58 bits per heavy atom. The molecule has 0 bridgehead atoms. The van der Waals surface area contributed by atoms with Crippen LogP contribution in [0.4, 0.5) is 0 Å². The molecule has 0 radical (unpaired) electrons. The van der Waals surface area contributed by atoms with Gasteiger partial charge in [-0.2, -0.15) is 0 Å². The predicted molar refractivity (Wildman–Crippen MR) is 79.9 cm³/mol. The third-order valence-electron chi connectivity index (χ3n) is 2.70. The summed E-state index contributed by atoms with van der Waals surface area (Å²) in [5.74, 6) is -0.886. The van der Waals surface area contributed by atoms with Gasteiger partial charge in [-0.3, -0.25) is 0 Å². The molecular formula is C17H20O2. The molecule has 0 heterocycles. The highest BCUT2D eigenvalue weighted by molar-refractivity contribution is 5.97. The number of allylic oxidation sites excluding steroid dienone is 3. The van der Waals surface area contributed by atoms with Crippen molar-refractivity contribution >= 4 is 11.5 Å². The van der Waals surface area contributed by atoms with Crippen molar-refractivity contribution in [2.75, 3.05) is 0 Å². The van der Waals surface area contributed by atoms with Gasteiger partial charge in [0.05, 0.1) is 0 Å². The van der Waals surface area contributed by atoms with Crippen molar-refractivity contribution in [1.29, 1.82) is 0 Å². The summed E-state index contributed by atoms with van der Waals surface area (Å²) in [6, 6.07) is 9.60. The molecule has 0 atom stereocenters. The second-order valence-corrected chi connectivity index (χ2v) is 4.90. The molecule has 0 unspecified atom stereocenters. The van der Waals surface area contributed by atoms with Crippen LogP contribution in [0.5, 0.6) is 0 Å². The molecule has 0 spiro atoms. The maximum Gasteiger partial charge on any atom is 0.332 e. The Hall–Kier alpha value is -2.09. The normalized spacial score (nSPS) is 11.7. The van der Waals surface area contributed by atoms with Gasteiger partial charge in [-0.1, -0.05) is 54.6 Å². The van der Waals surface area contributed by atoms with Crippen LogP contribution in [0.15, 0.2) is 60.2 Å². The molecule has 19 heavy (non-hydrogen) atoms. The highest BCUT2D eigenvalue weighted by Gasteiger charge is 2.16. The first-order valence-electron chi connectivity index (χ1n) is 6.21. The number of hydrogen-bond acceptors (Lipinski definition) is 1. The van der Waals surface area contributed by atoms with Gasteiger partial charge in [0, 0.05) is 12.0 Å². The van der Waals surface area contributed by atoms with E-state index in [9.17, 15) is 9.90 Å². The van der Waals surface area contributed by atoms with E-state index in [-0.39, 0.29) is 0 Å². The van der Waals surface area contributed by atoms with Gasteiger partial charge < -0.3 is 5.11 Å². The fourth-order valence-electron chi connectivity index (χ4n) is 1.94. The molecule has 0 aliphatic carbocycles. The molecule has 1 rings (SSSR count). The van der Waals surface area contributed by atoms with Crippen molar-refractivity contribution in [2.45, 2.75) is 26.7 Å². The molecular weight excluding hydrogens is 236 g/mol. The number of rotatable bonds is 6. The Labute approximate surface area is 114 Å². The van der Waals surface area contributed by atoms with E-state index in [1.807, 2.05) is 44.2 Å². The average Bonchev–Trinajstić information content (AvgIpc) is 2.33. The molecule has 0 fully saturated rings. The van der Waals surface area contributed by atoms with Gasteiger partial charge in [0.15, 0.2) is 0 Å². The van der Waals surface area contributed by atoms with Crippen molar-refractivity contribution in [3.8, 4) is 0 Å². The smallest absolute Gasteiger partial charge is 0.332 e. The quantitative estimate of drug-likeness (QED) is 0.602. The topological polar surface area (TPSA) is 37.3 Å². The molecule has 0 saturated heterocycles. The summed E-state index contributed by atoms with van der Waals surface area (Å²) in [6.45, 7) is 11.4. The van der Waals surface area contributed by atoms with Crippen molar-refractivity contribution in [3.63, 3.8) is 0 Å². The highest BCUT2D eigenvalue weighted by atomic mass is 16.4. The third kappa shape index (κ3) is 4.59. The number of hydrogen-bond donors (Lipinski definition) is 1. The fourth-order valence-corrected chi connectivity index (χ4v) is 1.94. The Kier molecular flexibility index (Phi) is 5.31. The van der Waals surface area contributed by atoms with E-state index in [2.05, 4.69) is 13.2 Å². The number of benzene rings is 1. The first-order chi connectivity index (χ1) is 8.91. The molecule has 1 aromatic rings. The predicted octanol–water partition coefficient (Wildman–Crippen LogP) is 4.46. The largest absolute Gasteiger partial charge is 0.478 e. The zero-order valence-electron chi connectivity index (χ0n) is 11.6. The minimum Gasteiger partial charge on any atom is -0.478 e. The van der Waals surface area contributed by atoms with E-state index in [1.165, 1.54) is 0 Å². The van der Waals surface area contributed by atoms with Gasteiger partial charge in [-0.05, 0) is 31.4 Å². The lowest BCUT2D eigenvalue weighted by molar-refractivity contribution is -0.132. The second kappa shape index (κ2) is 6.74. The third-order valence-corrected chi connectivity index (χ3v) is 2.70. The lowest BCUT2D eigenvalue weighted by Crippen LogP contribution is -2.05. The standard InChI is InChI=1S/C17H20O2/c1-12(2)10-15(14-8-6-5-7-9-14)16(17(18)19)11-13(3)4/h5-9H,1,3,10-11H2,2,4H3,(H,18,19)/b16-15+. The van der Waals surface area contributed by atoms with Crippen LogP contribution in [-0.4, -0.2) is 11.1 Å². The van der Waals surface area contributed by atoms with E-state index in [4.69, 9.17) is 0 Å². The van der Waals surface area contributed by atoms with Crippen LogP contribution in [0.2, 0.25) is 0 Å². The Morgan fingerprint density at radius 1 is 1.05 bits per heavy atom. The van der Waals surface area contributed by atoms with Crippen LogP contribution in [0, 0.1) is 0 Å².